The van der Waals surface area contributed by atoms with Crippen LogP contribution in [0.1, 0.15) is 38.4 Å². The lowest BCUT2D eigenvalue weighted by Crippen LogP contribution is -1.82. The summed E-state index contributed by atoms with van der Waals surface area (Å²) >= 11 is 0. The first-order valence-corrected chi connectivity index (χ1v) is 6.41. The molecule has 2 heteroatoms. The molecule has 17 heavy (non-hydrogen) atoms. The van der Waals surface area contributed by atoms with Gasteiger partial charge in [0, 0.05) is 18.1 Å². The van der Waals surface area contributed by atoms with Crippen LogP contribution in [0.25, 0.3) is 11.3 Å². The van der Waals surface area contributed by atoms with Gasteiger partial charge in [-0.25, -0.2) is 0 Å². The first kappa shape index (κ1) is 11.9. The van der Waals surface area contributed by atoms with Gasteiger partial charge in [0.2, 0.25) is 0 Å². The Balaban J connectivity index is 1.92. The number of nitrogens with zero attached hydrogens (tertiary/aromatic N) is 1. The van der Waals surface area contributed by atoms with Crippen molar-refractivity contribution in [2.24, 2.45) is 0 Å². The number of aryl methyl sites for hydroxylation is 1. The van der Waals surface area contributed by atoms with Crippen LogP contribution in [0, 0.1) is 0 Å². The van der Waals surface area contributed by atoms with Crippen molar-refractivity contribution >= 4 is 0 Å². The molecule has 0 saturated heterocycles. The molecule has 0 radical (unpaired) electrons. The normalized spacial score (nSPS) is 10.6. The molecule has 0 fully saturated rings. The van der Waals surface area contributed by atoms with Gasteiger partial charge in [-0.05, 0) is 6.42 Å². The highest BCUT2D eigenvalue weighted by molar-refractivity contribution is 5.58. The van der Waals surface area contributed by atoms with E-state index in [9.17, 15) is 0 Å². The smallest absolute Gasteiger partial charge is 0.137 e. The van der Waals surface area contributed by atoms with Crippen LogP contribution >= 0.6 is 0 Å². The standard InChI is InChI=1S/C15H19NO/c1-2-3-4-8-11-14-12-15(16-17-14)13-9-6-5-7-10-13/h5-7,9-10,12H,2-4,8,11H2,1H3. The third-order valence-corrected chi connectivity index (χ3v) is 2.91. The van der Waals surface area contributed by atoms with Crippen LogP contribution in [0.4, 0.5) is 0 Å². The van der Waals surface area contributed by atoms with E-state index >= 15 is 0 Å². The fourth-order valence-corrected chi connectivity index (χ4v) is 1.90. The van der Waals surface area contributed by atoms with Crippen molar-refractivity contribution in [3.63, 3.8) is 0 Å². The van der Waals surface area contributed by atoms with Gasteiger partial charge in [-0.1, -0.05) is 61.7 Å². The Bertz CT molecular complexity index is 433. The molecular weight excluding hydrogens is 210 g/mol. The van der Waals surface area contributed by atoms with Gasteiger partial charge in [-0.3, -0.25) is 0 Å². The van der Waals surface area contributed by atoms with Crippen LogP contribution in [-0.4, -0.2) is 5.16 Å². The molecule has 0 atom stereocenters. The van der Waals surface area contributed by atoms with Crippen molar-refractivity contribution in [1.82, 2.24) is 5.16 Å². The molecule has 0 aliphatic rings. The lowest BCUT2D eigenvalue weighted by Gasteiger charge is -1.94. The van der Waals surface area contributed by atoms with Crippen LogP contribution in [0.2, 0.25) is 0 Å². The summed E-state index contributed by atoms with van der Waals surface area (Å²) in [5.74, 6) is 1.000. The number of unbranched alkanes of at least 4 members (excludes halogenated alkanes) is 3. The zero-order valence-electron chi connectivity index (χ0n) is 10.4. The van der Waals surface area contributed by atoms with Crippen molar-refractivity contribution < 1.29 is 4.52 Å². The van der Waals surface area contributed by atoms with Gasteiger partial charge in [0.15, 0.2) is 0 Å². The molecule has 0 N–H and O–H groups in total. The highest BCUT2D eigenvalue weighted by Gasteiger charge is 2.05. The van der Waals surface area contributed by atoms with Crippen molar-refractivity contribution in [3.8, 4) is 11.3 Å². The van der Waals surface area contributed by atoms with E-state index in [1.165, 1.54) is 25.7 Å². The minimum Gasteiger partial charge on any atom is -0.361 e. The molecule has 2 nitrogen and oxygen atoms in total. The van der Waals surface area contributed by atoms with Gasteiger partial charge in [0.25, 0.3) is 0 Å². The lowest BCUT2D eigenvalue weighted by molar-refractivity contribution is 0.380. The Morgan fingerprint density at radius 2 is 1.88 bits per heavy atom. The molecule has 0 saturated carbocycles. The Kier molecular flexibility index (Phi) is 4.37. The first-order chi connectivity index (χ1) is 8.40. The van der Waals surface area contributed by atoms with E-state index < -0.39 is 0 Å². The van der Waals surface area contributed by atoms with Gasteiger partial charge >= 0.3 is 0 Å². The predicted octanol–water partition coefficient (Wildman–Crippen LogP) is 4.46. The lowest BCUT2D eigenvalue weighted by atomic mass is 10.1. The molecule has 2 aromatic rings. The van der Waals surface area contributed by atoms with E-state index in [1.807, 2.05) is 18.2 Å². The van der Waals surface area contributed by atoms with E-state index in [-0.39, 0.29) is 0 Å². The van der Waals surface area contributed by atoms with E-state index in [0.29, 0.717) is 0 Å². The summed E-state index contributed by atoms with van der Waals surface area (Å²) in [6.07, 6.45) is 6.04. The molecule has 1 aromatic carbocycles. The van der Waals surface area contributed by atoms with Crippen molar-refractivity contribution in [2.45, 2.75) is 39.0 Å². The maximum Gasteiger partial charge on any atom is 0.137 e. The molecule has 2 rings (SSSR count). The van der Waals surface area contributed by atoms with Crippen LogP contribution in [0.15, 0.2) is 40.9 Å². The highest BCUT2D eigenvalue weighted by Crippen LogP contribution is 2.19. The van der Waals surface area contributed by atoms with Gasteiger partial charge < -0.3 is 4.52 Å². The summed E-state index contributed by atoms with van der Waals surface area (Å²) < 4.78 is 5.35. The van der Waals surface area contributed by atoms with Gasteiger partial charge in [0.05, 0.1) is 0 Å². The Labute approximate surface area is 103 Å². The van der Waals surface area contributed by atoms with Gasteiger partial charge in [0.1, 0.15) is 11.5 Å². The molecule has 0 bridgehead atoms. The summed E-state index contributed by atoms with van der Waals surface area (Å²) in [4.78, 5) is 0. The quantitative estimate of drug-likeness (QED) is 0.683. The summed E-state index contributed by atoms with van der Waals surface area (Å²) in [7, 11) is 0. The molecule has 0 amide bonds. The second-order valence-electron chi connectivity index (χ2n) is 4.36. The summed E-state index contributed by atoms with van der Waals surface area (Å²) in [6.45, 7) is 2.22. The zero-order chi connectivity index (χ0) is 11.9. The van der Waals surface area contributed by atoms with Crippen LogP contribution in [0.3, 0.4) is 0 Å². The average molecular weight is 229 g/mol. The van der Waals surface area contributed by atoms with Gasteiger partial charge in [-0.2, -0.15) is 0 Å². The second kappa shape index (κ2) is 6.24. The fourth-order valence-electron chi connectivity index (χ4n) is 1.90. The molecule has 90 valence electrons. The minimum atomic E-state index is 0.941. The molecule has 0 unspecified atom stereocenters. The molecule has 1 heterocycles. The number of hydrogen-bond acceptors (Lipinski definition) is 2. The maximum absolute atomic E-state index is 5.35. The maximum atomic E-state index is 5.35. The molecule has 1 aromatic heterocycles. The van der Waals surface area contributed by atoms with E-state index in [4.69, 9.17) is 4.52 Å². The SMILES string of the molecule is CCCCCCc1cc(-c2ccccc2)no1. The van der Waals surface area contributed by atoms with Crippen molar-refractivity contribution in [2.75, 3.05) is 0 Å². The minimum absolute atomic E-state index is 0.941. The van der Waals surface area contributed by atoms with E-state index in [0.717, 1.165) is 23.4 Å². The molecular formula is C15H19NO. The number of aromatic nitrogens is 1. The second-order valence-corrected chi connectivity index (χ2v) is 4.36. The summed E-state index contributed by atoms with van der Waals surface area (Å²) in [5.41, 5.74) is 2.06. The Hall–Kier alpha value is -1.57. The first-order valence-electron chi connectivity index (χ1n) is 6.41. The predicted molar refractivity (Wildman–Crippen MR) is 69.8 cm³/mol. The van der Waals surface area contributed by atoms with Crippen molar-refractivity contribution in [1.29, 1.82) is 0 Å². The number of benzene rings is 1. The number of rotatable bonds is 6. The topological polar surface area (TPSA) is 26.0 Å². The zero-order valence-corrected chi connectivity index (χ0v) is 10.4. The third kappa shape index (κ3) is 3.45. The average Bonchev–Trinajstić information content (AvgIpc) is 2.85. The Morgan fingerprint density at radius 3 is 2.65 bits per heavy atom. The van der Waals surface area contributed by atoms with Crippen LogP contribution < -0.4 is 0 Å². The largest absolute Gasteiger partial charge is 0.361 e. The van der Waals surface area contributed by atoms with Crippen LogP contribution in [0.5, 0.6) is 0 Å². The summed E-state index contributed by atoms with van der Waals surface area (Å²) in [5, 5.41) is 4.11. The molecule has 0 aliphatic heterocycles. The number of hydrogen-bond donors (Lipinski definition) is 0. The monoisotopic (exact) mass is 229 g/mol. The molecule has 0 aliphatic carbocycles. The van der Waals surface area contributed by atoms with Crippen molar-refractivity contribution in [3.05, 3.63) is 42.2 Å². The molecule has 0 spiro atoms. The third-order valence-electron chi connectivity index (χ3n) is 2.91. The fraction of sp³-hybridized carbons (Fsp3) is 0.400. The van der Waals surface area contributed by atoms with E-state index in [1.54, 1.807) is 0 Å². The Morgan fingerprint density at radius 1 is 1.06 bits per heavy atom. The van der Waals surface area contributed by atoms with E-state index in [2.05, 4.69) is 30.3 Å². The van der Waals surface area contributed by atoms with Crippen LogP contribution in [-0.2, 0) is 6.42 Å². The highest BCUT2D eigenvalue weighted by atomic mass is 16.5. The summed E-state index contributed by atoms with van der Waals surface area (Å²) in [6, 6.07) is 12.2. The van der Waals surface area contributed by atoms with Gasteiger partial charge in [-0.15, -0.1) is 0 Å².